The lowest BCUT2D eigenvalue weighted by atomic mass is 10.2. The van der Waals surface area contributed by atoms with Crippen LogP contribution in [0.3, 0.4) is 0 Å². The molecule has 1 N–H and O–H groups in total. The number of aromatic nitrogens is 3. The maximum Gasteiger partial charge on any atom is 0.257 e. The normalized spacial score (nSPS) is 10.3. The molecule has 0 fully saturated rings. The van der Waals surface area contributed by atoms with E-state index >= 15 is 0 Å². The Morgan fingerprint density at radius 2 is 1.95 bits per heavy atom. The summed E-state index contributed by atoms with van der Waals surface area (Å²) in [4.78, 5) is 20.5. The van der Waals surface area contributed by atoms with Gasteiger partial charge in [0.05, 0.1) is 0 Å². The number of hydrogen-bond donors (Lipinski definition) is 1. The molecular weight excluding hydrogens is 308 g/mol. The van der Waals surface area contributed by atoms with Crippen molar-refractivity contribution in [1.82, 2.24) is 14.3 Å². The topological polar surface area (TPSA) is 67.8 Å². The van der Waals surface area contributed by atoms with E-state index in [1.165, 1.54) is 0 Å². The Kier molecular flexibility index (Phi) is 3.89. The standard InChI is InChI=1S/C14H9ClN4OS/c15-10-6-4-9(5-7-10)13(20)18-14-17-12(19-21-14)11-3-1-2-8-16-11/h1-8H,(H,17,18,19,20). The van der Waals surface area contributed by atoms with E-state index in [0.29, 0.717) is 27.2 Å². The van der Waals surface area contributed by atoms with Crippen LogP contribution in [0.5, 0.6) is 0 Å². The van der Waals surface area contributed by atoms with E-state index in [1.54, 1.807) is 30.5 Å². The summed E-state index contributed by atoms with van der Waals surface area (Å²) in [5, 5.41) is 3.71. The van der Waals surface area contributed by atoms with Gasteiger partial charge in [0.15, 0.2) is 5.82 Å². The van der Waals surface area contributed by atoms with Crippen LogP contribution in [0.15, 0.2) is 48.7 Å². The maximum atomic E-state index is 12.0. The number of carbonyl (C=O) groups excluding carboxylic acids is 1. The van der Waals surface area contributed by atoms with Gasteiger partial charge in [0.25, 0.3) is 5.91 Å². The van der Waals surface area contributed by atoms with Crippen LogP contribution in [-0.2, 0) is 0 Å². The summed E-state index contributed by atoms with van der Waals surface area (Å²) in [6, 6.07) is 12.1. The molecule has 0 saturated heterocycles. The fourth-order valence-electron chi connectivity index (χ4n) is 1.64. The second-order valence-electron chi connectivity index (χ2n) is 4.10. The number of rotatable bonds is 3. The Labute approximate surface area is 129 Å². The van der Waals surface area contributed by atoms with Gasteiger partial charge in [-0.15, -0.1) is 0 Å². The lowest BCUT2D eigenvalue weighted by Gasteiger charge is -2.00. The first-order chi connectivity index (χ1) is 10.2. The first-order valence-electron chi connectivity index (χ1n) is 6.04. The van der Waals surface area contributed by atoms with E-state index in [0.717, 1.165) is 11.5 Å². The molecule has 0 radical (unpaired) electrons. The molecule has 0 unspecified atom stereocenters. The van der Waals surface area contributed by atoms with Crippen LogP contribution < -0.4 is 5.32 Å². The Bertz CT molecular complexity index is 758. The van der Waals surface area contributed by atoms with Gasteiger partial charge in [0.2, 0.25) is 5.13 Å². The largest absolute Gasteiger partial charge is 0.297 e. The lowest BCUT2D eigenvalue weighted by molar-refractivity contribution is 0.102. The van der Waals surface area contributed by atoms with E-state index in [-0.39, 0.29) is 5.91 Å². The van der Waals surface area contributed by atoms with Gasteiger partial charge in [-0.1, -0.05) is 17.7 Å². The molecule has 104 valence electrons. The minimum atomic E-state index is -0.254. The predicted molar refractivity (Wildman–Crippen MR) is 82.5 cm³/mol. The van der Waals surface area contributed by atoms with Crippen LogP contribution in [0, 0.1) is 0 Å². The third kappa shape index (κ3) is 3.24. The first-order valence-corrected chi connectivity index (χ1v) is 7.19. The van der Waals surface area contributed by atoms with Crippen molar-refractivity contribution in [1.29, 1.82) is 0 Å². The second kappa shape index (κ2) is 5.99. The van der Waals surface area contributed by atoms with E-state index in [1.807, 2.05) is 18.2 Å². The fraction of sp³-hybridized carbons (Fsp3) is 0. The smallest absolute Gasteiger partial charge is 0.257 e. The summed E-state index contributed by atoms with van der Waals surface area (Å²) < 4.78 is 4.18. The number of carbonyl (C=O) groups is 1. The summed E-state index contributed by atoms with van der Waals surface area (Å²) in [5.74, 6) is 0.238. The monoisotopic (exact) mass is 316 g/mol. The molecule has 2 aromatic heterocycles. The summed E-state index contributed by atoms with van der Waals surface area (Å²) in [5.41, 5.74) is 1.18. The number of nitrogens with one attached hydrogen (secondary N) is 1. The predicted octanol–water partition coefficient (Wildman–Crippen LogP) is 3.51. The third-order valence-electron chi connectivity index (χ3n) is 2.65. The average Bonchev–Trinajstić information content (AvgIpc) is 2.97. The van der Waals surface area contributed by atoms with Gasteiger partial charge >= 0.3 is 0 Å². The van der Waals surface area contributed by atoms with Crippen LogP contribution in [0.25, 0.3) is 11.5 Å². The van der Waals surface area contributed by atoms with E-state index in [2.05, 4.69) is 19.7 Å². The molecule has 1 amide bonds. The van der Waals surface area contributed by atoms with Gasteiger partial charge in [0.1, 0.15) is 5.69 Å². The summed E-state index contributed by atoms with van der Waals surface area (Å²) in [6.45, 7) is 0. The molecule has 0 spiro atoms. The van der Waals surface area contributed by atoms with Gasteiger partial charge in [0, 0.05) is 28.3 Å². The van der Waals surface area contributed by atoms with Gasteiger partial charge in [-0.25, -0.2) is 0 Å². The van der Waals surface area contributed by atoms with Gasteiger partial charge in [-0.05, 0) is 36.4 Å². The second-order valence-corrected chi connectivity index (χ2v) is 5.29. The molecule has 3 rings (SSSR count). The summed E-state index contributed by atoms with van der Waals surface area (Å²) in [7, 11) is 0. The first kappa shape index (κ1) is 13.7. The fourth-order valence-corrected chi connectivity index (χ4v) is 2.34. The number of halogens is 1. The molecule has 1 aromatic carbocycles. The van der Waals surface area contributed by atoms with Crippen LogP contribution >= 0.6 is 23.1 Å². The number of benzene rings is 1. The molecule has 2 heterocycles. The highest BCUT2D eigenvalue weighted by Gasteiger charge is 2.11. The van der Waals surface area contributed by atoms with Gasteiger partial charge < -0.3 is 0 Å². The third-order valence-corrected chi connectivity index (χ3v) is 3.53. The molecule has 5 nitrogen and oxygen atoms in total. The van der Waals surface area contributed by atoms with Crippen molar-refractivity contribution < 1.29 is 4.79 Å². The molecule has 7 heteroatoms. The lowest BCUT2D eigenvalue weighted by Crippen LogP contribution is -2.11. The van der Waals surface area contributed by atoms with Crippen molar-refractivity contribution in [2.24, 2.45) is 0 Å². The molecule has 0 aliphatic rings. The highest BCUT2D eigenvalue weighted by Crippen LogP contribution is 2.19. The minimum absolute atomic E-state index is 0.254. The average molecular weight is 317 g/mol. The number of anilines is 1. The number of nitrogens with zero attached hydrogens (tertiary/aromatic N) is 3. The summed E-state index contributed by atoms with van der Waals surface area (Å²) in [6.07, 6.45) is 1.67. The highest BCUT2D eigenvalue weighted by atomic mass is 35.5. The van der Waals surface area contributed by atoms with E-state index in [9.17, 15) is 4.79 Å². The van der Waals surface area contributed by atoms with Crippen molar-refractivity contribution in [3.63, 3.8) is 0 Å². The molecule has 3 aromatic rings. The van der Waals surface area contributed by atoms with E-state index in [4.69, 9.17) is 11.6 Å². The maximum absolute atomic E-state index is 12.0. The van der Waals surface area contributed by atoms with Crippen molar-refractivity contribution in [2.45, 2.75) is 0 Å². The minimum Gasteiger partial charge on any atom is -0.297 e. The molecule has 21 heavy (non-hydrogen) atoms. The SMILES string of the molecule is O=C(Nc1nc(-c2ccccn2)ns1)c1ccc(Cl)cc1. The molecule has 0 atom stereocenters. The van der Waals surface area contributed by atoms with Crippen molar-refractivity contribution in [3.05, 3.63) is 59.2 Å². The Morgan fingerprint density at radius 1 is 1.14 bits per heavy atom. The number of hydrogen-bond acceptors (Lipinski definition) is 5. The zero-order valence-corrected chi connectivity index (χ0v) is 12.2. The van der Waals surface area contributed by atoms with E-state index < -0.39 is 0 Å². The van der Waals surface area contributed by atoms with Crippen LogP contribution in [0.4, 0.5) is 5.13 Å². The van der Waals surface area contributed by atoms with Crippen LogP contribution in [0.1, 0.15) is 10.4 Å². The molecule has 0 saturated carbocycles. The van der Waals surface area contributed by atoms with Crippen molar-refractivity contribution in [2.75, 3.05) is 5.32 Å². The Hall–Kier alpha value is -2.31. The molecule has 0 aliphatic carbocycles. The van der Waals surface area contributed by atoms with Crippen LogP contribution in [0.2, 0.25) is 5.02 Å². The van der Waals surface area contributed by atoms with Crippen molar-refractivity contribution >= 4 is 34.2 Å². The Balaban J connectivity index is 1.75. The highest BCUT2D eigenvalue weighted by molar-refractivity contribution is 7.10. The Morgan fingerprint density at radius 3 is 2.67 bits per heavy atom. The summed E-state index contributed by atoms with van der Waals surface area (Å²) >= 11 is 6.90. The van der Waals surface area contributed by atoms with Gasteiger partial charge in [-0.2, -0.15) is 9.36 Å². The molecule has 0 bridgehead atoms. The molecule has 0 aliphatic heterocycles. The number of amides is 1. The van der Waals surface area contributed by atoms with Crippen molar-refractivity contribution in [3.8, 4) is 11.5 Å². The molecular formula is C14H9ClN4OS. The number of pyridine rings is 1. The zero-order chi connectivity index (χ0) is 14.7. The zero-order valence-electron chi connectivity index (χ0n) is 10.7. The quantitative estimate of drug-likeness (QED) is 0.803. The van der Waals surface area contributed by atoms with Gasteiger partial charge in [-0.3, -0.25) is 15.1 Å². The van der Waals surface area contributed by atoms with Crippen LogP contribution in [-0.4, -0.2) is 20.2 Å².